The highest BCUT2D eigenvalue weighted by molar-refractivity contribution is 5.90. The Balaban J connectivity index is 2.95. The second-order valence-corrected chi connectivity index (χ2v) is 5.31. The lowest BCUT2D eigenvalue weighted by molar-refractivity contribution is -0.327. The number of carbonyl (C=O) groups excluding carboxylic acids is 2. The molecule has 0 unspecified atom stereocenters. The smallest absolute Gasteiger partial charge is 0.441 e. The molecule has 0 fully saturated rings. The van der Waals surface area contributed by atoms with E-state index in [4.69, 9.17) is 5.26 Å². The molecule has 0 radical (unpaired) electrons. The van der Waals surface area contributed by atoms with Gasteiger partial charge in [-0.25, -0.2) is 9.59 Å². The summed E-state index contributed by atoms with van der Waals surface area (Å²) in [7, 11) is 0. The SMILES string of the molecule is CC(C)(C)OC(=O)N(OC(=O)c1ccc(C#N)cc1)C(F)(F)F. The fourth-order valence-electron chi connectivity index (χ4n) is 1.31. The minimum Gasteiger partial charge on any atom is -0.441 e. The molecule has 1 aromatic rings. The van der Waals surface area contributed by atoms with Crippen molar-refractivity contribution in [2.45, 2.75) is 32.7 Å². The van der Waals surface area contributed by atoms with Crippen LogP contribution in [0.3, 0.4) is 0 Å². The lowest BCUT2D eigenvalue weighted by atomic mass is 10.1. The highest BCUT2D eigenvalue weighted by atomic mass is 19.4. The number of hydrogen-bond donors (Lipinski definition) is 0. The van der Waals surface area contributed by atoms with E-state index in [9.17, 15) is 22.8 Å². The Kier molecular flexibility index (Phi) is 5.22. The number of alkyl halides is 3. The third kappa shape index (κ3) is 5.50. The van der Waals surface area contributed by atoms with Gasteiger partial charge < -0.3 is 9.57 Å². The Morgan fingerprint density at radius 1 is 1.13 bits per heavy atom. The van der Waals surface area contributed by atoms with E-state index in [2.05, 4.69) is 9.57 Å². The molecule has 0 N–H and O–H groups in total. The molecule has 0 aromatic heterocycles. The van der Waals surface area contributed by atoms with Crippen molar-refractivity contribution in [2.75, 3.05) is 0 Å². The van der Waals surface area contributed by atoms with Crippen molar-refractivity contribution < 1.29 is 32.3 Å². The molecule has 0 aliphatic heterocycles. The van der Waals surface area contributed by atoms with E-state index in [0.717, 1.165) is 12.1 Å². The van der Waals surface area contributed by atoms with Gasteiger partial charge in [0.1, 0.15) is 5.60 Å². The van der Waals surface area contributed by atoms with Crippen LogP contribution in [0.5, 0.6) is 0 Å². The molecule has 6 nitrogen and oxygen atoms in total. The summed E-state index contributed by atoms with van der Waals surface area (Å²) < 4.78 is 43.1. The Bertz CT molecular complexity index is 627. The fourth-order valence-corrected chi connectivity index (χ4v) is 1.31. The third-order valence-electron chi connectivity index (χ3n) is 2.21. The molecule has 0 atom stereocenters. The van der Waals surface area contributed by atoms with Gasteiger partial charge in [0.05, 0.1) is 17.2 Å². The number of ether oxygens (including phenoxy) is 1. The minimum absolute atomic E-state index is 0.210. The fraction of sp³-hybridized carbons (Fsp3) is 0.357. The van der Waals surface area contributed by atoms with E-state index in [0.29, 0.717) is 0 Å². The van der Waals surface area contributed by atoms with E-state index in [-0.39, 0.29) is 11.1 Å². The lowest BCUT2D eigenvalue weighted by Gasteiger charge is -2.26. The van der Waals surface area contributed by atoms with Gasteiger partial charge in [0.25, 0.3) is 0 Å². The third-order valence-corrected chi connectivity index (χ3v) is 2.21. The molecule has 0 aliphatic carbocycles. The van der Waals surface area contributed by atoms with Gasteiger partial charge in [0, 0.05) is 0 Å². The van der Waals surface area contributed by atoms with Gasteiger partial charge >= 0.3 is 18.4 Å². The van der Waals surface area contributed by atoms with Gasteiger partial charge in [-0.1, -0.05) is 0 Å². The summed E-state index contributed by atoms with van der Waals surface area (Å²) in [5.41, 5.74) is -1.26. The number of benzene rings is 1. The van der Waals surface area contributed by atoms with Gasteiger partial charge in [-0.05, 0) is 50.1 Å². The summed E-state index contributed by atoms with van der Waals surface area (Å²) in [5.74, 6) is -1.42. The van der Waals surface area contributed by atoms with Crippen LogP contribution in [0.15, 0.2) is 24.3 Å². The van der Waals surface area contributed by atoms with E-state index in [1.165, 1.54) is 32.9 Å². The topological polar surface area (TPSA) is 79.6 Å². The molecule has 124 valence electrons. The van der Waals surface area contributed by atoms with E-state index < -0.39 is 29.0 Å². The monoisotopic (exact) mass is 330 g/mol. The summed E-state index contributed by atoms with van der Waals surface area (Å²) >= 11 is 0. The Hall–Kier alpha value is -2.76. The summed E-state index contributed by atoms with van der Waals surface area (Å²) in [6.07, 6.45) is -7.14. The first-order valence-electron chi connectivity index (χ1n) is 6.26. The highest BCUT2D eigenvalue weighted by Crippen LogP contribution is 2.25. The van der Waals surface area contributed by atoms with E-state index in [1.807, 2.05) is 0 Å². The first-order valence-corrected chi connectivity index (χ1v) is 6.26. The van der Waals surface area contributed by atoms with Crippen LogP contribution in [-0.4, -0.2) is 29.0 Å². The molecular weight excluding hydrogens is 317 g/mol. The van der Waals surface area contributed by atoms with Gasteiger partial charge in [0.15, 0.2) is 0 Å². The van der Waals surface area contributed by atoms with Crippen molar-refractivity contribution in [3.63, 3.8) is 0 Å². The first-order chi connectivity index (χ1) is 10.4. The predicted molar refractivity (Wildman–Crippen MR) is 70.7 cm³/mol. The second-order valence-electron chi connectivity index (χ2n) is 5.31. The van der Waals surface area contributed by atoms with E-state index in [1.54, 1.807) is 6.07 Å². The van der Waals surface area contributed by atoms with Crippen molar-refractivity contribution in [1.82, 2.24) is 5.06 Å². The zero-order chi connectivity index (χ0) is 17.8. The van der Waals surface area contributed by atoms with Crippen molar-refractivity contribution in [1.29, 1.82) is 5.26 Å². The van der Waals surface area contributed by atoms with Crippen LogP contribution < -0.4 is 0 Å². The van der Waals surface area contributed by atoms with Crippen LogP contribution in [0.2, 0.25) is 0 Å². The lowest BCUT2D eigenvalue weighted by Crippen LogP contribution is -2.46. The number of nitriles is 1. The first kappa shape index (κ1) is 18.3. The zero-order valence-electron chi connectivity index (χ0n) is 12.5. The van der Waals surface area contributed by atoms with Gasteiger partial charge in [-0.15, -0.1) is 13.2 Å². The number of halogens is 3. The number of nitrogens with zero attached hydrogens (tertiary/aromatic N) is 2. The van der Waals surface area contributed by atoms with E-state index >= 15 is 0 Å². The molecule has 0 spiro atoms. The van der Waals surface area contributed by atoms with Crippen LogP contribution in [-0.2, 0) is 9.57 Å². The summed E-state index contributed by atoms with van der Waals surface area (Å²) in [4.78, 5) is 27.3. The average molecular weight is 330 g/mol. The average Bonchev–Trinajstić information content (AvgIpc) is 2.41. The van der Waals surface area contributed by atoms with Crippen LogP contribution >= 0.6 is 0 Å². The number of carbonyl (C=O) groups is 2. The molecule has 1 amide bonds. The number of amides is 1. The number of rotatable bonds is 1. The molecule has 0 saturated heterocycles. The van der Waals surface area contributed by atoms with Gasteiger partial charge in [-0.3, -0.25) is 0 Å². The van der Waals surface area contributed by atoms with Crippen molar-refractivity contribution in [3.8, 4) is 6.07 Å². The van der Waals surface area contributed by atoms with Crippen molar-refractivity contribution in [2.24, 2.45) is 0 Å². The van der Waals surface area contributed by atoms with Crippen LogP contribution in [0.1, 0.15) is 36.7 Å². The molecule has 0 aliphatic rings. The Morgan fingerprint density at radius 3 is 2.04 bits per heavy atom. The van der Waals surface area contributed by atoms with Gasteiger partial charge in [0.2, 0.25) is 0 Å². The zero-order valence-corrected chi connectivity index (χ0v) is 12.5. The predicted octanol–water partition coefficient (Wildman–Crippen LogP) is 3.39. The molecule has 1 rings (SSSR count). The highest BCUT2D eigenvalue weighted by Gasteiger charge is 2.47. The maximum atomic E-state index is 12.8. The van der Waals surface area contributed by atoms with Crippen LogP contribution in [0.25, 0.3) is 0 Å². The Morgan fingerprint density at radius 2 is 1.65 bits per heavy atom. The normalized spacial score (nSPS) is 11.3. The molecule has 9 heteroatoms. The van der Waals surface area contributed by atoms with Crippen molar-refractivity contribution >= 4 is 12.1 Å². The quantitative estimate of drug-likeness (QED) is 0.582. The molecule has 1 aromatic carbocycles. The summed E-state index contributed by atoms with van der Waals surface area (Å²) in [6.45, 7) is 4.09. The second kappa shape index (κ2) is 6.56. The molecule has 0 bridgehead atoms. The number of hydrogen-bond acceptors (Lipinski definition) is 5. The summed E-state index contributed by atoms with van der Waals surface area (Å²) in [6, 6.07) is 6.44. The standard InChI is InChI=1S/C14H13F3N2O4/c1-13(2,3)22-12(21)19(14(15,16)17)23-11(20)10-6-4-9(8-18)5-7-10/h4-7H,1-3H3. The van der Waals surface area contributed by atoms with Gasteiger partial charge in [-0.2, -0.15) is 5.26 Å². The van der Waals surface area contributed by atoms with Crippen LogP contribution in [0.4, 0.5) is 18.0 Å². The largest absolute Gasteiger partial charge is 0.523 e. The molecule has 0 saturated carbocycles. The molecule has 0 heterocycles. The summed E-state index contributed by atoms with van der Waals surface area (Å²) in [5, 5.41) is 7.53. The Labute approximate surface area is 130 Å². The molecular formula is C14H13F3N2O4. The molecule has 23 heavy (non-hydrogen) atoms. The maximum absolute atomic E-state index is 12.8. The minimum atomic E-state index is -5.27. The van der Waals surface area contributed by atoms with Crippen molar-refractivity contribution in [3.05, 3.63) is 35.4 Å². The maximum Gasteiger partial charge on any atom is 0.523 e. The number of hydroxylamine groups is 2. The van der Waals surface area contributed by atoms with Crippen LogP contribution in [0, 0.1) is 11.3 Å².